The lowest BCUT2D eigenvalue weighted by Gasteiger charge is -2.06. The van der Waals surface area contributed by atoms with Gasteiger partial charge in [0.2, 0.25) is 0 Å². The number of nitrogens with zero attached hydrogens (tertiary/aromatic N) is 1. The van der Waals surface area contributed by atoms with Crippen molar-refractivity contribution in [3.05, 3.63) is 113 Å². The normalized spacial score (nSPS) is 10.7. The first-order valence-electron chi connectivity index (χ1n) is 10.6. The van der Waals surface area contributed by atoms with E-state index in [0.717, 1.165) is 22.3 Å². The standard InChI is InChI=1S/C27H19ClN4O2/c28-20-11-13-22(14-12-20)30-26(33)18-8-6-17(7-9-18)25-31-23-15-10-19(16-24(23)32-25)27(34)29-21-4-2-1-3-5-21/h1-16H,(H,29,34)(H,30,33)(H,31,32). The zero-order chi connectivity index (χ0) is 23.5. The van der Waals surface area contributed by atoms with Gasteiger partial charge < -0.3 is 15.6 Å². The van der Waals surface area contributed by atoms with Gasteiger partial charge >= 0.3 is 0 Å². The number of benzene rings is 4. The van der Waals surface area contributed by atoms with Crippen LogP contribution in [-0.2, 0) is 0 Å². The second-order valence-electron chi connectivity index (χ2n) is 7.68. The molecule has 0 unspecified atom stereocenters. The number of aromatic amines is 1. The number of aromatic nitrogens is 2. The summed E-state index contributed by atoms with van der Waals surface area (Å²) in [4.78, 5) is 33.0. The SMILES string of the molecule is O=C(Nc1ccc(Cl)cc1)c1ccc(-c2nc3ccc(C(=O)Nc4ccccc4)cc3[nH]2)cc1. The van der Waals surface area contributed by atoms with Gasteiger partial charge in [-0.2, -0.15) is 0 Å². The number of anilines is 2. The van der Waals surface area contributed by atoms with Crippen LogP contribution in [0.25, 0.3) is 22.4 Å². The molecule has 6 nitrogen and oxygen atoms in total. The maximum atomic E-state index is 12.6. The number of nitrogens with one attached hydrogen (secondary N) is 3. The first-order valence-corrected chi connectivity index (χ1v) is 11.0. The first-order chi connectivity index (χ1) is 16.5. The quantitative estimate of drug-likeness (QED) is 0.280. The van der Waals surface area contributed by atoms with E-state index in [9.17, 15) is 9.59 Å². The summed E-state index contributed by atoms with van der Waals surface area (Å²) in [7, 11) is 0. The Morgan fingerprint density at radius 1 is 0.706 bits per heavy atom. The second-order valence-corrected chi connectivity index (χ2v) is 8.11. The smallest absolute Gasteiger partial charge is 0.255 e. The highest BCUT2D eigenvalue weighted by molar-refractivity contribution is 6.30. The molecule has 5 aromatic rings. The number of hydrogen-bond acceptors (Lipinski definition) is 3. The number of hydrogen-bond donors (Lipinski definition) is 3. The number of rotatable bonds is 5. The van der Waals surface area contributed by atoms with Crippen LogP contribution < -0.4 is 10.6 Å². The average Bonchev–Trinajstić information content (AvgIpc) is 3.30. The highest BCUT2D eigenvalue weighted by Crippen LogP contribution is 2.23. The predicted octanol–water partition coefficient (Wildman–Crippen LogP) is 6.39. The number of H-pyrrole nitrogens is 1. The molecular formula is C27H19ClN4O2. The molecule has 3 N–H and O–H groups in total. The van der Waals surface area contributed by atoms with Crippen molar-refractivity contribution < 1.29 is 9.59 Å². The van der Waals surface area contributed by atoms with Crippen LogP contribution in [0.4, 0.5) is 11.4 Å². The van der Waals surface area contributed by atoms with Crippen molar-refractivity contribution in [2.75, 3.05) is 10.6 Å². The third kappa shape index (κ3) is 4.67. The highest BCUT2D eigenvalue weighted by Gasteiger charge is 2.12. The average molecular weight is 467 g/mol. The Morgan fingerprint density at radius 3 is 2.03 bits per heavy atom. The van der Waals surface area contributed by atoms with Gasteiger partial charge in [0.05, 0.1) is 11.0 Å². The van der Waals surface area contributed by atoms with Crippen molar-refractivity contribution in [2.45, 2.75) is 0 Å². The highest BCUT2D eigenvalue weighted by atomic mass is 35.5. The van der Waals surface area contributed by atoms with E-state index in [4.69, 9.17) is 11.6 Å². The monoisotopic (exact) mass is 466 g/mol. The van der Waals surface area contributed by atoms with E-state index in [1.807, 2.05) is 48.5 Å². The van der Waals surface area contributed by atoms with E-state index in [-0.39, 0.29) is 11.8 Å². The van der Waals surface area contributed by atoms with E-state index in [0.29, 0.717) is 27.7 Å². The van der Waals surface area contributed by atoms with Crippen LogP contribution in [0.1, 0.15) is 20.7 Å². The molecule has 0 saturated heterocycles. The summed E-state index contributed by atoms with van der Waals surface area (Å²) in [5.41, 5.74) is 4.78. The molecule has 0 spiro atoms. The van der Waals surface area contributed by atoms with E-state index in [1.165, 1.54) is 0 Å². The summed E-state index contributed by atoms with van der Waals surface area (Å²) >= 11 is 5.89. The molecule has 7 heteroatoms. The number of halogens is 1. The maximum absolute atomic E-state index is 12.6. The number of amides is 2. The lowest BCUT2D eigenvalue weighted by molar-refractivity contribution is 0.101. The van der Waals surface area contributed by atoms with Gasteiger partial charge in [-0.1, -0.05) is 41.9 Å². The summed E-state index contributed by atoms with van der Waals surface area (Å²) in [6.45, 7) is 0. The largest absolute Gasteiger partial charge is 0.338 e. The third-order valence-electron chi connectivity index (χ3n) is 5.30. The zero-order valence-electron chi connectivity index (χ0n) is 17.9. The molecule has 5 rings (SSSR count). The maximum Gasteiger partial charge on any atom is 0.255 e. The van der Waals surface area contributed by atoms with E-state index < -0.39 is 0 Å². The van der Waals surface area contributed by atoms with E-state index in [1.54, 1.807) is 48.5 Å². The molecule has 0 saturated carbocycles. The minimum atomic E-state index is -0.215. The van der Waals surface area contributed by atoms with Gasteiger partial charge in [-0.05, 0) is 66.7 Å². The first kappa shape index (κ1) is 21.4. The van der Waals surface area contributed by atoms with Crippen molar-refractivity contribution in [2.24, 2.45) is 0 Å². The van der Waals surface area contributed by atoms with E-state index >= 15 is 0 Å². The van der Waals surface area contributed by atoms with Crippen LogP contribution in [0, 0.1) is 0 Å². The molecule has 0 fully saturated rings. The summed E-state index contributed by atoms with van der Waals surface area (Å²) in [6.07, 6.45) is 0. The number of para-hydroxylation sites is 1. The van der Waals surface area contributed by atoms with Crippen LogP contribution >= 0.6 is 11.6 Å². The fourth-order valence-corrected chi connectivity index (χ4v) is 3.65. The molecule has 0 aliphatic rings. The molecule has 0 aliphatic heterocycles. The Hall–Kier alpha value is -4.42. The molecule has 34 heavy (non-hydrogen) atoms. The zero-order valence-corrected chi connectivity index (χ0v) is 18.6. The van der Waals surface area contributed by atoms with Crippen LogP contribution in [0.2, 0.25) is 5.02 Å². The number of imidazole rings is 1. The number of carbonyl (C=O) groups is 2. The van der Waals surface area contributed by atoms with Crippen LogP contribution in [0.5, 0.6) is 0 Å². The molecule has 4 aromatic carbocycles. The second kappa shape index (κ2) is 9.21. The van der Waals surface area contributed by atoms with Gasteiger partial charge in [0.1, 0.15) is 5.82 Å². The van der Waals surface area contributed by atoms with Crippen molar-refractivity contribution in [3.63, 3.8) is 0 Å². The minimum absolute atomic E-state index is 0.194. The molecular weight excluding hydrogens is 448 g/mol. The van der Waals surface area contributed by atoms with E-state index in [2.05, 4.69) is 20.6 Å². The van der Waals surface area contributed by atoms with Gasteiger partial charge in [0.25, 0.3) is 11.8 Å². The molecule has 1 aromatic heterocycles. The number of fused-ring (bicyclic) bond motifs is 1. The molecule has 0 atom stereocenters. The van der Waals surface area contributed by atoms with Crippen LogP contribution in [0.15, 0.2) is 97.1 Å². The lowest BCUT2D eigenvalue weighted by Crippen LogP contribution is -2.11. The molecule has 0 radical (unpaired) electrons. The minimum Gasteiger partial charge on any atom is -0.338 e. The Balaban J connectivity index is 1.32. The van der Waals surface area contributed by atoms with Crippen molar-refractivity contribution >= 4 is 45.8 Å². The van der Waals surface area contributed by atoms with Crippen LogP contribution in [0.3, 0.4) is 0 Å². The lowest BCUT2D eigenvalue weighted by atomic mass is 10.1. The summed E-state index contributed by atoms with van der Waals surface area (Å²) in [6, 6.07) is 28.7. The van der Waals surface area contributed by atoms with Crippen molar-refractivity contribution in [1.29, 1.82) is 0 Å². The molecule has 166 valence electrons. The molecule has 0 aliphatic carbocycles. The predicted molar refractivity (Wildman–Crippen MR) is 135 cm³/mol. The Morgan fingerprint density at radius 2 is 1.32 bits per heavy atom. The van der Waals surface area contributed by atoms with Gasteiger partial charge in [-0.15, -0.1) is 0 Å². The summed E-state index contributed by atoms with van der Waals surface area (Å²) in [5, 5.41) is 6.33. The summed E-state index contributed by atoms with van der Waals surface area (Å²) in [5.74, 6) is 0.244. The van der Waals surface area contributed by atoms with Crippen LogP contribution in [-0.4, -0.2) is 21.8 Å². The topological polar surface area (TPSA) is 86.9 Å². The molecule has 2 amide bonds. The Bertz CT molecular complexity index is 1480. The fourth-order valence-electron chi connectivity index (χ4n) is 3.53. The Labute approximate surface area is 200 Å². The van der Waals surface area contributed by atoms with Crippen molar-refractivity contribution in [3.8, 4) is 11.4 Å². The summed E-state index contributed by atoms with van der Waals surface area (Å²) < 4.78 is 0. The fraction of sp³-hybridized carbons (Fsp3) is 0. The van der Waals surface area contributed by atoms with Gasteiger partial charge in [0, 0.05) is 33.1 Å². The number of carbonyl (C=O) groups excluding carboxylic acids is 2. The van der Waals surface area contributed by atoms with Crippen molar-refractivity contribution in [1.82, 2.24) is 9.97 Å². The van der Waals surface area contributed by atoms with Gasteiger partial charge in [-0.25, -0.2) is 4.98 Å². The molecule has 0 bridgehead atoms. The molecule has 1 heterocycles. The Kier molecular flexibility index (Phi) is 5.81. The van der Waals surface area contributed by atoms with Gasteiger partial charge in [-0.3, -0.25) is 9.59 Å². The van der Waals surface area contributed by atoms with Gasteiger partial charge in [0.15, 0.2) is 0 Å². The third-order valence-corrected chi connectivity index (χ3v) is 5.55.